The highest BCUT2D eigenvalue weighted by molar-refractivity contribution is 6.31. The van der Waals surface area contributed by atoms with Crippen LogP contribution in [0.3, 0.4) is 0 Å². The van der Waals surface area contributed by atoms with E-state index in [0.29, 0.717) is 10.6 Å². The molecule has 18 heavy (non-hydrogen) atoms. The van der Waals surface area contributed by atoms with Crippen molar-refractivity contribution < 1.29 is 4.79 Å². The normalized spacial score (nSPS) is 18.8. The molecule has 1 saturated heterocycles. The lowest BCUT2D eigenvalue weighted by atomic mass is 9.98. The lowest BCUT2D eigenvalue weighted by molar-refractivity contribution is 0.0477. The number of halogens is 1. The lowest BCUT2D eigenvalue weighted by Gasteiger charge is -2.42. The van der Waals surface area contributed by atoms with Crippen LogP contribution in [-0.2, 0) is 0 Å². The summed E-state index contributed by atoms with van der Waals surface area (Å²) in [6, 6.07) is 5.46. The van der Waals surface area contributed by atoms with Crippen molar-refractivity contribution in [3.63, 3.8) is 0 Å². The van der Waals surface area contributed by atoms with Gasteiger partial charge in [0.2, 0.25) is 0 Å². The minimum atomic E-state index is -0.150. The molecule has 98 valence electrons. The average Bonchev–Trinajstić information content (AvgIpc) is 2.31. The van der Waals surface area contributed by atoms with Gasteiger partial charge < -0.3 is 10.2 Å². The number of rotatable bonds is 1. The summed E-state index contributed by atoms with van der Waals surface area (Å²) in [5, 5.41) is 4.02. The van der Waals surface area contributed by atoms with E-state index in [4.69, 9.17) is 11.6 Å². The summed E-state index contributed by atoms with van der Waals surface area (Å²) in [4.78, 5) is 14.5. The average molecular weight is 267 g/mol. The van der Waals surface area contributed by atoms with Gasteiger partial charge in [-0.2, -0.15) is 0 Å². The van der Waals surface area contributed by atoms with Gasteiger partial charge in [-0.3, -0.25) is 4.79 Å². The summed E-state index contributed by atoms with van der Waals surface area (Å²) in [7, 11) is 0. The van der Waals surface area contributed by atoms with Crippen molar-refractivity contribution in [3.05, 3.63) is 34.3 Å². The summed E-state index contributed by atoms with van der Waals surface area (Å²) >= 11 is 5.99. The maximum atomic E-state index is 12.5. The highest BCUT2D eigenvalue weighted by atomic mass is 35.5. The zero-order chi connectivity index (χ0) is 13.3. The van der Waals surface area contributed by atoms with Gasteiger partial charge in [-0.05, 0) is 44.5 Å². The molecule has 0 atom stereocenters. The number of hydrogen-bond donors (Lipinski definition) is 1. The van der Waals surface area contributed by atoms with E-state index in [-0.39, 0.29) is 11.4 Å². The van der Waals surface area contributed by atoms with Crippen LogP contribution in [-0.4, -0.2) is 36.0 Å². The van der Waals surface area contributed by atoms with E-state index in [0.717, 1.165) is 25.2 Å². The minimum absolute atomic E-state index is 0.0845. The van der Waals surface area contributed by atoms with Crippen LogP contribution in [0.4, 0.5) is 0 Å². The van der Waals surface area contributed by atoms with E-state index in [2.05, 4.69) is 19.2 Å². The summed E-state index contributed by atoms with van der Waals surface area (Å²) in [5.74, 6) is 0.0845. The van der Waals surface area contributed by atoms with E-state index >= 15 is 0 Å². The van der Waals surface area contributed by atoms with Crippen LogP contribution >= 0.6 is 11.6 Å². The van der Waals surface area contributed by atoms with Crippen molar-refractivity contribution >= 4 is 17.5 Å². The van der Waals surface area contributed by atoms with Gasteiger partial charge in [-0.15, -0.1) is 0 Å². The quantitative estimate of drug-likeness (QED) is 0.847. The molecule has 1 heterocycles. The third-order valence-corrected chi connectivity index (χ3v) is 3.87. The molecule has 1 aliphatic rings. The zero-order valence-corrected chi connectivity index (χ0v) is 11.8. The molecule has 0 saturated carbocycles. The van der Waals surface area contributed by atoms with E-state index in [1.807, 2.05) is 17.9 Å². The SMILES string of the molecule is Cc1cc(C(=O)N2CCNCC2(C)C)ccc1Cl. The molecule has 1 fully saturated rings. The largest absolute Gasteiger partial charge is 0.331 e. The molecular weight excluding hydrogens is 248 g/mol. The summed E-state index contributed by atoms with van der Waals surface area (Å²) < 4.78 is 0. The molecule has 3 nitrogen and oxygen atoms in total. The number of nitrogens with one attached hydrogen (secondary N) is 1. The Morgan fingerprint density at radius 3 is 2.78 bits per heavy atom. The van der Waals surface area contributed by atoms with Gasteiger partial charge in [0.1, 0.15) is 0 Å². The number of carbonyl (C=O) groups excluding carboxylic acids is 1. The Morgan fingerprint density at radius 2 is 2.17 bits per heavy atom. The summed E-state index contributed by atoms with van der Waals surface area (Å²) in [5.41, 5.74) is 1.51. The second-order valence-corrected chi connectivity index (χ2v) is 5.82. The van der Waals surface area contributed by atoms with Gasteiger partial charge in [0.25, 0.3) is 5.91 Å². The molecule has 0 bridgehead atoms. The monoisotopic (exact) mass is 266 g/mol. The van der Waals surface area contributed by atoms with Crippen molar-refractivity contribution in [1.29, 1.82) is 0 Å². The van der Waals surface area contributed by atoms with Gasteiger partial charge in [-0.1, -0.05) is 11.6 Å². The third-order valence-electron chi connectivity index (χ3n) is 3.45. The number of nitrogens with zero attached hydrogens (tertiary/aromatic N) is 1. The van der Waals surface area contributed by atoms with Crippen molar-refractivity contribution in [2.24, 2.45) is 0 Å². The summed E-state index contributed by atoms with van der Waals surface area (Å²) in [6.07, 6.45) is 0. The highest BCUT2D eigenvalue weighted by Gasteiger charge is 2.33. The number of carbonyl (C=O) groups is 1. The van der Waals surface area contributed by atoms with E-state index in [1.54, 1.807) is 12.1 Å². The minimum Gasteiger partial charge on any atom is -0.331 e. The second kappa shape index (κ2) is 4.90. The van der Waals surface area contributed by atoms with E-state index in [9.17, 15) is 4.79 Å². The highest BCUT2D eigenvalue weighted by Crippen LogP contribution is 2.22. The molecule has 0 radical (unpaired) electrons. The molecule has 1 N–H and O–H groups in total. The number of benzene rings is 1. The summed E-state index contributed by atoms with van der Waals surface area (Å²) in [6.45, 7) is 8.50. The van der Waals surface area contributed by atoms with Crippen LogP contribution in [0.2, 0.25) is 5.02 Å². The molecule has 1 aromatic rings. The Balaban J connectivity index is 2.27. The number of hydrogen-bond acceptors (Lipinski definition) is 2. The van der Waals surface area contributed by atoms with Gasteiger partial charge in [0.15, 0.2) is 0 Å². The van der Waals surface area contributed by atoms with Crippen molar-refractivity contribution in [2.45, 2.75) is 26.3 Å². The first-order valence-corrected chi connectivity index (χ1v) is 6.58. The Kier molecular flexibility index (Phi) is 3.64. The topological polar surface area (TPSA) is 32.3 Å². The predicted octanol–water partition coefficient (Wildman–Crippen LogP) is 2.47. The lowest BCUT2D eigenvalue weighted by Crippen LogP contribution is -2.59. The van der Waals surface area contributed by atoms with Crippen molar-refractivity contribution in [2.75, 3.05) is 19.6 Å². The van der Waals surface area contributed by atoms with Gasteiger partial charge in [-0.25, -0.2) is 0 Å². The molecule has 0 aliphatic carbocycles. The predicted molar refractivity (Wildman–Crippen MR) is 74.2 cm³/mol. The van der Waals surface area contributed by atoms with Gasteiger partial charge in [0.05, 0.1) is 5.54 Å². The fourth-order valence-corrected chi connectivity index (χ4v) is 2.41. The molecule has 0 spiro atoms. The number of amides is 1. The maximum Gasteiger partial charge on any atom is 0.254 e. The smallest absolute Gasteiger partial charge is 0.254 e. The third kappa shape index (κ3) is 2.52. The Bertz CT molecular complexity index is 471. The Labute approximate surface area is 113 Å². The molecule has 1 amide bonds. The van der Waals surface area contributed by atoms with Crippen molar-refractivity contribution in [3.8, 4) is 0 Å². The van der Waals surface area contributed by atoms with E-state index < -0.39 is 0 Å². The molecule has 1 aromatic carbocycles. The first-order valence-electron chi connectivity index (χ1n) is 6.21. The fourth-order valence-electron chi connectivity index (χ4n) is 2.29. The first kappa shape index (κ1) is 13.4. The Morgan fingerprint density at radius 1 is 1.44 bits per heavy atom. The zero-order valence-electron chi connectivity index (χ0n) is 11.1. The Hall–Kier alpha value is -1.06. The van der Waals surface area contributed by atoms with Crippen LogP contribution in [0.1, 0.15) is 29.8 Å². The number of aryl methyl sites for hydroxylation is 1. The van der Waals surface area contributed by atoms with Crippen LogP contribution in [0.15, 0.2) is 18.2 Å². The van der Waals surface area contributed by atoms with Crippen molar-refractivity contribution in [1.82, 2.24) is 10.2 Å². The fraction of sp³-hybridized carbons (Fsp3) is 0.500. The van der Waals surface area contributed by atoms with Crippen LogP contribution in [0, 0.1) is 6.92 Å². The molecule has 1 aliphatic heterocycles. The molecule has 2 rings (SSSR count). The van der Waals surface area contributed by atoms with Crippen LogP contribution in [0.5, 0.6) is 0 Å². The van der Waals surface area contributed by atoms with Gasteiger partial charge in [0, 0.05) is 30.2 Å². The standard InChI is InChI=1S/C14H19ClN2O/c1-10-8-11(4-5-12(10)15)13(18)17-7-6-16-9-14(17,2)3/h4-5,8,16H,6-7,9H2,1-3H3. The molecule has 4 heteroatoms. The number of piperazine rings is 1. The molecule has 0 aromatic heterocycles. The van der Waals surface area contributed by atoms with Crippen LogP contribution < -0.4 is 5.32 Å². The van der Waals surface area contributed by atoms with Gasteiger partial charge >= 0.3 is 0 Å². The first-order chi connectivity index (χ1) is 8.42. The second-order valence-electron chi connectivity index (χ2n) is 5.41. The molecule has 0 unspecified atom stereocenters. The molecular formula is C14H19ClN2O. The maximum absolute atomic E-state index is 12.5. The van der Waals surface area contributed by atoms with Crippen LogP contribution in [0.25, 0.3) is 0 Å². The van der Waals surface area contributed by atoms with E-state index in [1.165, 1.54) is 0 Å².